The molecule has 0 unspecified atom stereocenters. The third kappa shape index (κ3) is 4.00. The van der Waals surface area contributed by atoms with Gasteiger partial charge >= 0.3 is 6.09 Å². The van der Waals surface area contributed by atoms with Crippen molar-refractivity contribution in [2.24, 2.45) is 0 Å². The summed E-state index contributed by atoms with van der Waals surface area (Å²) in [6.45, 7) is 8.23. The molecule has 0 aliphatic carbocycles. The van der Waals surface area contributed by atoms with E-state index in [2.05, 4.69) is 32.7 Å². The molecule has 0 N–H and O–H groups in total. The van der Waals surface area contributed by atoms with E-state index in [1.165, 1.54) is 7.11 Å². The highest BCUT2D eigenvalue weighted by atomic mass is 28.2. The van der Waals surface area contributed by atoms with Crippen LogP contribution in [0.1, 0.15) is 39.3 Å². The highest BCUT2D eigenvalue weighted by molar-refractivity contribution is 6.32. The molecule has 138 valence electrons. The van der Waals surface area contributed by atoms with Gasteiger partial charge in [0.1, 0.15) is 6.04 Å². The first-order chi connectivity index (χ1) is 11.8. The molecule has 1 fully saturated rings. The van der Waals surface area contributed by atoms with Crippen molar-refractivity contribution in [3.8, 4) is 0 Å². The van der Waals surface area contributed by atoms with Crippen molar-refractivity contribution >= 4 is 31.5 Å². The van der Waals surface area contributed by atoms with Crippen molar-refractivity contribution in [2.45, 2.75) is 50.6 Å². The minimum absolute atomic E-state index is 0.360. The molecule has 1 aliphatic rings. The lowest BCUT2D eigenvalue weighted by Crippen LogP contribution is -2.72. The second-order valence-corrected chi connectivity index (χ2v) is 11.4. The van der Waals surface area contributed by atoms with Crippen molar-refractivity contribution in [3.63, 3.8) is 0 Å². The predicted octanol–water partition coefficient (Wildman–Crippen LogP) is 1.28. The standard InChI is InChI=1S/C16H26N2O5Si2/c1-10(2)24-22-16(23-25-11(3)4)13(12-6-8-17-9-7-12)18(14(16)19)15(20)21-5/h6-11,13H,24-25H2,1-5H3/t13-/m0/s1. The van der Waals surface area contributed by atoms with Gasteiger partial charge in [0.2, 0.25) is 0 Å². The molecule has 0 spiro atoms. The maximum atomic E-state index is 12.9. The Morgan fingerprint density at radius 2 is 1.68 bits per heavy atom. The maximum Gasteiger partial charge on any atom is 0.417 e. The summed E-state index contributed by atoms with van der Waals surface area (Å²) in [5, 5.41) is 0. The summed E-state index contributed by atoms with van der Waals surface area (Å²) < 4.78 is 17.0. The van der Waals surface area contributed by atoms with Gasteiger partial charge in [0.05, 0.1) is 7.11 Å². The van der Waals surface area contributed by atoms with Crippen LogP contribution < -0.4 is 0 Å². The minimum Gasteiger partial charge on any atom is -0.452 e. The second kappa shape index (κ2) is 8.22. The number of aromatic nitrogens is 1. The summed E-state index contributed by atoms with van der Waals surface area (Å²) in [5.74, 6) is -1.87. The normalized spacial score (nSPS) is 24.0. The first-order valence-corrected chi connectivity index (χ1v) is 11.2. The Bertz CT molecular complexity index is 600. The van der Waals surface area contributed by atoms with Crippen LogP contribution in [-0.4, -0.2) is 54.3 Å². The average Bonchev–Trinajstić information content (AvgIpc) is 2.59. The van der Waals surface area contributed by atoms with Crippen molar-refractivity contribution in [3.05, 3.63) is 30.1 Å². The molecule has 0 bridgehead atoms. The molecule has 2 rings (SSSR count). The lowest BCUT2D eigenvalue weighted by molar-refractivity contribution is -0.233. The van der Waals surface area contributed by atoms with Crippen LogP contribution in [0.15, 0.2) is 24.5 Å². The van der Waals surface area contributed by atoms with Gasteiger partial charge in [0.15, 0.2) is 19.5 Å². The molecular weight excluding hydrogens is 356 g/mol. The average molecular weight is 383 g/mol. The van der Waals surface area contributed by atoms with Gasteiger partial charge in [-0.2, -0.15) is 0 Å². The highest BCUT2D eigenvalue weighted by Crippen LogP contribution is 2.47. The summed E-state index contributed by atoms with van der Waals surface area (Å²) in [7, 11) is -0.749. The zero-order valence-electron chi connectivity index (χ0n) is 15.4. The molecule has 1 aromatic heterocycles. The molecule has 0 saturated carbocycles. The molecule has 2 heterocycles. The van der Waals surface area contributed by atoms with Crippen molar-refractivity contribution in [2.75, 3.05) is 7.11 Å². The number of methoxy groups -OCH3 is 1. The number of hydrogen-bond acceptors (Lipinski definition) is 6. The van der Waals surface area contributed by atoms with E-state index in [1.54, 1.807) is 24.5 Å². The van der Waals surface area contributed by atoms with Crippen LogP contribution in [0, 0.1) is 0 Å². The Hall–Kier alpha value is -1.56. The van der Waals surface area contributed by atoms with Crippen LogP contribution >= 0.6 is 0 Å². The van der Waals surface area contributed by atoms with Crippen molar-refractivity contribution in [1.82, 2.24) is 9.88 Å². The molecule has 7 nitrogen and oxygen atoms in total. The molecule has 1 atom stereocenters. The number of amides is 2. The van der Waals surface area contributed by atoms with E-state index in [0.29, 0.717) is 11.1 Å². The molecular formula is C16H26N2O5Si2. The molecule has 0 radical (unpaired) electrons. The van der Waals surface area contributed by atoms with E-state index in [9.17, 15) is 9.59 Å². The molecule has 1 saturated heterocycles. The zero-order valence-corrected chi connectivity index (χ0v) is 18.2. The third-order valence-electron chi connectivity index (χ3n) is 3.79. The Balaban J connectivity index is 2.41. The lowest BCUT2D eigenvalue weighted by atomic mass is 9.88. The van der Waals surface area contributed by atoms with E-state index in [-0.39, 0.29) is 0 Å². The summed E-state index contributed by atoms with van der Waals surface area (Å²) in [6, 6.07) is 2.89. The SMILES string of the molecule is COC(=O)N1C(=O)C(O[SiH2]C(C)C)(O[SiH2]C(C)C)[C@@H]1c1ccncc1. The van der Waals surface area contributed by atoms with E-state index >= 15 is 0 Å². The van der Waals surface area contributed by atoms with Gasteiger partial charge in [-0.15, -0.1) is 0 Å². The van der Waals surface area contributed by atoms with E-state index < -0.39 is 43.4 Å². The number of likely N-dealkylation sites (tertiary alicyclic amines) is 1. The molecule has 2 amide bonds. The third-order valence-corrected chi connectivity index (χ3v) is 6.31. The van der Waals surface area contributed by atoms with E-state index in [0.717, 1.165) is 10.5 Å². The van der Waals surface area contributed by atoms with Crippen molar-refractivity contribution < 1.29 is 23.2 Å². The topological polar surface area (TPSA) is 78.0 Å². The smallest absolute Gasteiger partial charge is 0.417 e. The predicted molar refractivity (Wildman–Crippen MR) is 98.4 cm³/mol. The first kappa shape index (κ1) is 19.8. The number of rotatable bonds is 7. The molecule has 0 aromatic carbocycles. The Morgan fingerprint density at radius 3 is 2.12 bits per heavy atom. The van der Waals surface area contributed by atoms with Crippen LogP contribution in [0.3, 0.4) is 0 Å². The number of nitrogens with zero attached hydrogens (tertiary/aromatic N) is 2. The van der Waals surface area contributed by atoms with Crippen LogP contribution in [0.4, 0.5) is 4.79 Å². The highest BCUT2D eigenvalue weighted by Gasteiger charge is 2.66. The lowest BCUT2D eigenvalue weighted by Gasteiger charge is -2.53. The molecule has 1 aliphatic heterocycles. The number of carbonyl (C=O) groups is 2. The molecule has 9 heteroatoms. The molecule has 25 heavy (non-hydrogen) atoms. The first-order valence-electron chi connectivity index (χ1n) is 8.43. The Morgan fingerprint density at radius 1 is 1.16 bits per heavy atom. The van der Waals surface area contributed by atoms with E-state index in [4.69, 9.17) is 13.6 Å². The fourth-order valence-electron chi connectivity index (χ4n) is 2.61. The Kier molecular flexibility index (Phi) is 6.49. The van der Waals surface area contributed by atoms with Gasteiger partial charge in [0, 0.05) is 12.4 Å². The minimum atomic E-state index is -1.40. The molecule has 1 aromatic rings. The van der Waals surface area contributed by atoms with Gasteiger partial charge < -0.3 is 13.6 Å². The summed E-state index contributed by atoms with van der Waals surface area (Å²) >= 11 is 0. The van der Waals surface area contributed by atoms with Crippen LogP contribution in [0.5, 0.6) is 0 Å². The van der Waals surface area contributed by atoms with Crippen LogP contribution in [0.2, 0.25) is 11.1 Å². The summed E-state index contributed by atoms with van der Waals surface area (Å²) in [6.07, 6.45) is 2.54. The van der Waals surface area contributed by atoms with E-state index in [1.807, 2.05) is 0 Å². The largest absolute Gasteiger partial charge is 0.452 e. The number of ether oxygens (including phenoxy) is 1. The summed E-state index contributed by atoms with van der Waals surface area (Å²) in [4.78, 5) is 30.1. The fraction of sp³-hybridized carbons (Fsp3) is 0.562. The number of β-lactam (4-membered cyclic amide) rings is 1. The Labute approximate surface area is 152 Å². The monoisotopic (exact) mass is 382 g/mol. The van der Waals surface area contributed by atoms with Gasteiger partial charge in [-0.3, -0.25) is 9.78 Å². The van der Waals surface area contributed by atoms with Gasteiger partial charge in [-0.25, -0.2) is 9.69 Å². The van der Waals surface area contributed by atoms with Gasteiger partial charge in [0.25, 0.3) is 11.7 Å². The summed E-state index contributed by atoms with van der Waals surface area (Å²) in [5.41, 5.74) is 1.47. The number of hydrogen-bond donors (Lipinski definition) is 0. The zero-order chi connectivity index (χ0) is 18.6. The fourth-order valence-corrected chi connectivity index (χ4v) is 4.67. The van der Waals surface area contributed by atoms with Crippen LogP contribution in [-0.2, 0) is 18.4 Å². The van der Waals surface area contributed by atoms with Crippen molar-refractivity contribution in [1.29, 1.82) is 0 Å². The van der Waals surface area contributed by atoms with Gasteiger partial charge in [-0.05, 0) is 28.8 Å². The van der Waals surface area contributed by atoms with Gasteiger partial charge in [-0.1, -0.05) is 27.7 Å². The number of pyridine rings is 1. The maximum absolute atomic E-state index is 12.9. The number of carbonyl (C=O) groups excluding carboxylic acids is 2. The second-order valence-electron chi connectivity index (χ2n) is 6.91. The number of imide groups is 1. The quantitative estimate of drug-likeness (QED) is 0.402. The van der Waals surface area contributed by atoms with Crippen LogP contribution in [0.25, 0.3) is 0 Å².